The number of hydrogen-bond acceptors (Lipinski definition) is 5. The van der Waals surface area contributed by atoms with Gasteiger partial charge in [-0.3, -0.25) is 10.1 Å². The minimum Gasteiger partial charge on any atom is -1.00 e. The molecule has 0 bridgehead atoms. The first kappa shape index (κ1) is 17.7. The summed E-state index contributed by atoms with van der Waals surface area (Å²) < 4.78 is 0. The van der Waals surface area contributed by atoms with E-state index in [0.717, 1.165) is 13.1 Å². The number of halogens is 2. The van der Waals surface area contributed by atoms with E-state index in [4.69, 9.17) is 11.6 Å². The lowest BCUT2D eigenvalue weighted by Gasteiger charge is -2.08. The van der Waals surface area contributed by atoms with E-state index in [9.17, 15) is 10.1 Å². The molecule has 0 aliphatic carbocycles. The predicted molar refractivity (Wildman–Crippen MR) is 82.6 cm³/mol. The van der Waals surface area contributed by atoms with E-state index in [1.54, 1.807) is 17.4 Å². The monoisotopic (exact) mass is 346 g/mol. The van der Waals surface area contributed by atoms with Crippen molar-refractivity contribution in [2.24, 2.45) is 0 Å². The molecule has 2 aromatic rings. The van der Waals surface area contributed by atoms with Crippen LogP contribution in [0.15, 0.2) is 35.0 Å². The molecular weight excluding hydrogens is 333 g/mol. The summed E-state index contributed by atoms with van der Waals surface area (Å²) in [6.45, 7) is 2.31. The van der Waals surface area contributed by atoms with Gasteiger partial charge in [0.15, 0.2) is 0 Å². The summed E-state index contributed by atoms with van der Waals surface area (Å²) in [6.07, 6.45) is 0. The number of rotatable bonds is 7. The molecule has 0 atom stereocenters. The van der Waals surface area contributed by atoms with E-state index in [0.29, 0.717) is 17.3 Å². The summed E-state index contributed by atoms with van der Waals surface area (Å²) in [4.78, 5) is 10.1. The van der Waals surface area contributed by atoms with Crippen molar-refractivity contribution in [3.05, 3.63) is 55.7 Å². The van der Waals surface area contributed by atoms with Gasteiger partial charge in [-0.1, -0.05) is 11.6 Å². The van der Waals surface area contributed by atoms with Crippen molar-refractivity contribution in [3.63, 3.8) is 0 Å². The fourth-order valence-electron chi connectivity index (χ4n) is 1.67. The van der Waals surface area contributed by atoms with Gasteiger partial charge in [-0.05, 0) is 28.5 Å². The number of thiophene rings is 1. The summed E-state index contributed by atoms with van der Waals surface area (Å²) in [6, 6.07) is 6.49. The maximum atomic E-state index is 10.6. The second-order valence-electron chi connectivity index (χ2n) is 4.16. The minimum absolute atomic E-state index is 0. The van der Waals surface area contributed by atoms with Crippen molar-refractivity contribution in [1.29, 1.82) is 0 Å². The Morgan fingerprint density at radius 2 is 2.10 bits per heavy atom. The highest BCUT2D eigenvalue weighted by Crippen LogP contribution is 2.26. The summed E-state index contributed by atoms with van der Waals surface area (Å²) >= 11 is 7.66. The molecule has 2 N–H and O–H groups in total. The predicted octanol–water partition coefficient (Wildman–Crippen LogP) is 0.515. The topological polar surface area (TPSA) is 67.2 Å². The van der Waals surface area contributed by atoms with Gasteiger partial charge in [0.2, 0.25) is 0 Å². The molecule has 1 heterocycles. The highest BCUT2D eigenvalue weighted by Gasteiger charge is 2.08. The molecule has 0 aliphatic rings. The van der Waals surface area contributed by atoms with Crippen LogP contribution in [0, 0.1) is 10.1 Å². The van der Waals surface area contributed by atoms with Crippen LogP contribution >= 0.6 is 22.9 Å². The summed E-state index contributed by atoms with van der Waals surface area (Å²) in [7, 11) is 0. The molecule has 1 aromatic heterocycles. The first-order valence-corrected chi connectivity index (χ1v) is 7.38. The Morgan fingerprint density at radius 3 is 2.71 bits per heavy atom. The Bertz CT molecular complexity index is 579. The summed E-state index contributed by atoms with van der Waals surface area (Å²) in [5, 5.41) is 21.5. The molecule has 0 unspecified atom stereocenters. The first-order valence-electron chi connectivity index (χ1n) is 6.06. The van der Waals surface area contributed by atoms with Crippen LogP contribution < -0.4 is 23.0 Å². The summed E-state index contributed by atoms with van der Waals surface area (Å²) in [5.41, 5.74) is 1.97. The molecular formula is C13H14Cl2N3O2S-. The molecule has 0 fully saturated rings. The van der Waals surface area contributed by atoms with Crippen molar-refractivity contribution >= 4 is 34.3 Å². The number of nitro benzene ring substituents is 1. The number of benzene rings is 1. The highest BCUT2D eigenvalue weighted by atomic mass is 35.5. The van der Waals surface area contributed by atoms with Crippen molar-refractivity contribution in [2.45, 2.75) is 6.54 Å². The Balaban J connectivity index is 0.00000220. The van der Waals surface area contributed by atoms with Gasteiger partial charge < -0.3 is 23.0 Å². The lowest BCUT2D eigenvalue weighted by atomic mass is 10.3. The fraction of sp³-hybridized carbons (Fsp3) is 0.231. The number of nitro groups is 1. The SMILES string of the molecule is O=[N+]([O-])c1ccc(NCCNCc2ccsc2)c(Cl)c1.[Cl-]. The van der Waals surface area contributed by atoms with Crippen LogP contribution in [0.2, 0.25) is 5.02 Å². The fourth-order valence-corrected chi connectivity index (χ4v) is 2.58. The smallest absolute Gasteiger partial charge is 0.271 e. The molecule has 2 rings (SSSR count). The third kappa shape index (κ3) is 5.51. The molecule has 21 heavy (non-hydrogen) atoms. The maximum absolute atomic E-state index is 10.6. The van der Waals surface area contributed by atoms with Crippen molar-refractivity contribution in [2.75, 3.05) is 18.4 Å². The van der Waals surface area contributed by atoms with Crippen LogP contribution in [0.25, 0.3) is 0 Å². The number of anilines is 1. The number of non-ortho nitro benzene ring substituents is 1. The van der Waals surface area contributed by atoms with Gasteiger partial charge in [-0.2, -0.15) is 11.3 Å². The molecule has 8 heteroatoms. The lowest BCUT2D eigenvalue weighted by molar-refractivity contribution is -0.384. The molecule has 1 aromatic carbocycles. The number of nitrogens with one attached hydrogen (secondary N) is 2. The molecule has 5 nitrogen and oxygen atoms in total. The van der Waals surface area contributed by atoms with Crippen LogP contribution in [-0.2, 0) is 6.54 Å². The molecule has 0 saturated heterocycles. The normalized spacial score (nSPS) is 9.95. The van der Waals surface area contributed by atoms with Crippen LogP contribution in [-0.4, -0.2) is 18.0 Å². The molecule has 0 aliphatic heterocycles. The maximum Gasteiger partial charge on any atom is 0.271 e. The van der Waals surface area contributed by atoms with Gasteiger partial charge in [-0.25, -0.2) is 0 Å². The van der Waals surface area contributed by atoms with E-state index in [2.05, 4.69) is 22.1 Å². The average Bonchev–Trinajstić information content (AvgIpc) is 2.93. The largest absolute Gasteiger partial charge is 1.00 e. The zero-order valence-electron chi connectivity index (χ0n) is 11.0. The van der Waals surface area contributed by atoms with Gasteiger partial charge in [0.1, 0.15) is 0 Å². The van der Waals surface area contributed by atoms with Gasteiger partial charge in [0.05, 0.1) is 15.6 Å². The van der Waals surface area contributed by atoms with E-state index >= 15 is 0 Å². The standard InChI is InChI=1S/C13H14ClN3O2S.ClH/c14-12-7-11(17(18)19)1-2-13(12)16-5-4-15-8-10-3-6-20-9-10;/h1-3,6-7,9,15-16H,4-5,8H2;1H/p-1. The lowest BCUT2D eigenvalue weighted by Crippen LogP contribution is -3.00. The van der Waals surface area contributed by atoms with Gasteiger partial charge in [-0.15, -0.1) is 0 Å². The molecule has 0 spiro atoms. The van der Waals surface area contributed by atoms with Crippen molar-refractivity contribution < 1.29 is 17.3 Å². The number of hydrogen-bond donors (Lipinski definition) is 2. The quantitative estimate of drug-likeness (QED) is 0.435. The van der Waals surface area contributed by atoms with Crippen LogP contribution in [0.4, 0.5) is 11.4 Å². The Morgan fingerprint density at radius 1 is 1.29 bits per heavy atom. The molecule has 0 saturated carbocycles. The molecule has 0 amide bonds. The first-order chi connectivity index (χ1) is 9.66. The van der Waals surface area contributed by atoms with Crippen LogP contribution in [0.3, 0.4) is 0 Å². The second kappa shape index (κ2) is 8.84. The van der Waals surface area contributed by atoms with Crippen LogP contribution in [0.5, 0.6) is 0 Å². The van der Waals surface area contributed by atoms with E-state index < -0.39 is 4.92 Å². The Kier molecular flexibility index (Phi) is 7.45. The van der Waals surface area contributed by atoms with Gasteiger partial charge in [0, 0.05) is 31.8 Å². The van der Waals surface area contributed by atoms with Crippen molar-refractivity contribution in [1.82, 2.24) is 5.32 Å². The molecule has 0 radical (unpaired) electrons. The van der Waals surface area contributed by atoms with Gasteiger partial charge >= 0.3 is 0 Å². The van der Waals surface area contributed by atoms with E-state index in [-0.39, 0.29) is 18.1 Å². The van der Waals surface area contributed by atoms with Gasteiger partial charge in [0.25, 0.3) is 5.69 Å². The van der Waals surface area contributed by atoms with E-state index in [1.165, 1.54) is 17.7 Å². The number of nitrogens with zero attached hydrogens (tertiary/aromatic N) is 1. The third-order valence-corrected chi connectivity index (χ3v) is 3.73. The third-order valence-electron chi connectivity index (χ3n) is 2.69. The Labute approximate surface area is 137 Å². The Hall–Kier alpha value is -1.34. The zero-order valence-corrected chi connectivity index (χ0v) is 13.3. The molecule has 114 valence electrons. The average molecular weight is 347 g/mol. The minimum atomic E-state index is -0.460. The zero-order chi connectivity index (χ0) is 14.4. The van der Waals surface area contributed by atoms with Crippen LogP contribution in [0.1, 0.15) is 5.56 Å². The van der Waals surface area contributed by atoms with E-state index in [1.807, 2.05) is 5.38 Å². The van der Waals surface area contributed by atoms with Crippen molar-refractivity contribution in [3.8, 4) is 0 Å². The second-order valence-corrected chi connectivity index (χ2v) is 5.34. The highest BCUT2D eigenvalue weighted by molar-refractivity contribution is 7.07. The summed E-state index contributed by atoms with van der Waals surface area (Å²) in [5.74, 6) is 0.